The number of aryl methyl sites for hydroxylation is 2. The summed E-state index contributed by atoms with van der Waals surface area (Å²) in [6.07, 6.45) is 0. The second-order valence-electron chi connectivity index (χ2n) is 11.0. The fourth-order valence-electron chi connectivity index (χ4n) is 4.47. The Labute approximate surface area is 237 Å². The van der Waals surface area contributed by atoms with Gasteiger partial charge in [0.1, 0.15) is 11.8 Å². The third-order valence-corrected chi connectivity index (χ3v) is 6.52. The highest BCUT2D eigenvalue weighted by atomic mass is 16.4. The van der Waals surface area contributed by atoms with Gasteiger partial charge in [-0.05, 0) is 61.9 Å². The van der Waals surface area contributed by atoms with Crippen LogP contribution >= 0.6 is 0 Å². The zero-order valence-corrected chi connectivity index (χ0v) is 23.5. The normalized spacial score (nSPS) is 15.1. The fraction of sp³-hybridized carbons (Fsp3) is 0.300. The second-order valence-corrected chi connectivity index (χ2v) is 11.0. The fourth-order valence-corrected chi connectivity index (χ4v) is 4.47. The summed E-state index contributed by atoms with van der Waals surface area (Å²) in [5.41, 5.74) is 0.915. The van der Waals surface area contributed by atoms with Gasteiger partial charge in [-0.3, -0.25) is 14.4 Å². The number of nitrogens with one attached hydrogen (secondary N) is 2. The molecule has 1 aromatic heterocycles. The van der Waals surface area contributed by atoms with Gasteiger partial charge < -0.3 is 30.0 Å². The van der Waals surface area contributed by atoms with Crippen molar-refractivity contribution in [3.05, 3.63) is 77.2 Å². The van der Waals surface area contributed by atoms with Crippen molar-refractivity contribution in [2.45, 2.75) is 40.7 Å². The zero-order chi connectivity index (χ0) is 30.1. The van der Waals surface area contributed by atoms with E-state index in [0.29, 0.717) is 17.1 Å². The number of urea groups is 1. The van der Waals surface area contributed by atoms with Gasteiger partial charge >= 0.3 is 12.0 Å². The van der Waals surface area contributed by atoms with Crippen LogP contribution in [-0.4, -0.2) is 53.8 Å². The Bertz CT molecular complexity index is 1540. The number of aromatic carboxylic acids is 1. The standard InChI is InChI=1S/C30H32N4O7/c1-17-9-11-22-23(13-17)33(16-24(35)25-12-10-18(2)41-25)26(36)21(15-34(22)28(39)30(3,4)5)32-29(40)31-20-8-6-7-19(14-20)27(37)38/h6-14,21H,15-16H2,1-5H3,(H,37,38)(H2,31,32,40). The van der Waals surface area contributed by atoms with Crippen molar-refractivity contribution in [3.8, 4) is 0 Å². The first-order valence-corrected chi connectivity index (χ1v) is 13.0. The lowest BCUT2D eigenvalue weighted by Gasteiger charge is -2.31. The lowest BCUT2D eigenvalue weighted by molar-refractivity contribution is -0.126. The summed E-state index contributed by atoms with van der Waals surface area (Å²) >= 11 is 0. The Morgan fingerprint density at radius 1 is 1.00 bits per heavy atom. The summed E-state index contributed by atoms with van der Waals surface area (Å²) in [6, 6.07) is 12.0. The van der Waals surface area contributed by atoms with Crippen molar-refractivity contribution < 1.29 is 33.5 Å². The third kappa shape index (κ3) is 6.46. The first-order chi connectivity index (χ1) is 19.2. The number of hydrogen-bond donors (Lipinski definition) is 3. The van der Waals surface area contributed by atoms with Gasteiger partial charge in [0.15, 0.2) is 5.76 Å². The van der Waals surface area contributed by atoms with Gasteiger partial charge in [0, 0.05) is 11.1 Å². The molecule has 0 fully saturated rings. The van der Waals surface area contributed by atoms with E-state index >= 15 is 0 Å². The van der Waals surface area contributed by atoms with E-state index in [0.717, 1.165) is 5.56 Å². The van der Waals surface area contributed by atoms with Crippen LogP contribution in [0.5, 0.6) is 0 Å². The van der Waals surface area contributed by atoms with E-state index in [2.05, 4.69) is 10.6 Å². The van der Waals surface area contributed by atoms with Crippen LogP contribution in [0.25, 0.3) is 0 Å². The molecule has 2 aromatic carbocycles. The quantitative estimate of drug-likeness (QED) is 0.379. The Hall–Kier alpha value is -4.93. The van der Waals surface area contributed by atoms with Crippen LogP contribution in [0.3, 0.4) is 0 Å². The second kappa shape index (κ2) is 11.3. The van der Waals surface area contributed by atoms with Crippen molar-refractivity contribution >= 4 is 46.7 Å². The van der Waals surface area contributed by atoms with Crippen LogP contribution in [0.2, 0.25) is 0 Å². The Balaban J connectivity index is 1.72. The molecule has 4 amide bonds. The van der Waals surface area contributed by atoms with Gasteiger partial charge in [-0.25, -0.2) is 9.59 Å². The molecule has 0 bridgehead atoms. The first kappa shape index (κ1) is 29.1. The lowest BCUT2D eigenvalue weighted by Crippen LogP contribution is -2.55. The van der Waals surface area contributed by atoms with Gasteiger partial charge in [0.2, 0.25) is 11.7 Å². The number of furan rings is 1. The molecule has 1 aliphatic heterocycles. The molecule has 4 rings (SSSR count). The zero-order valence-electron chi connectivity index (χ0n) is 23.5. The Morgan fingerprint density at radius 3 is 2.37 bits per heavy atom. The average Bonchev–Trinajstić information content (AvgIpc) is 3.31. The monoisotopic (exact) mass is 560 g/mol. The van der Waals surface area contributed by atoms with Crippen LogP contribution in [0.15, 0.2) is 59.0 Å². The van der Waals surface area contributed by atoms with Gasteiger partial charge in [0.05, 0.1) is 30.0 Å². The molecule has 0 spiro atoms. The molecular weight excluding hydrogens is 528 g/mol. The number of hydrogen-bond acceptors (Lipinski definition) is 6. The molecular formula is C30H32N4O7. The average molecular weight is 561 g/mol. The topological polar surface area (TPSA) is 149 Å². The Kier molecular flexibility index (Phi) is 8.00. The molecule has 1 aliphatic rings. The third-order valence-electron chi connectivity index (χ3n) is 6.52. The van der Waals surface area contributed by atoms with E-state index in [1.807, 2.05) is 6.92 Å². The van der Waals surface area contributed by atoms with Crippen LogP contribution in [0.1, 0.15) is 53.0 Å². The van der Waals surface area contributed by atoms with Crippen molar-refractivity contribution in [1.82, 2.24) is 5.32 Å². The van der Waals surface area contributed by atoms with Crippen molar-refractivity contribution in [2.24, 2.45) is 5.41 Å². The number of Topliss-reactive ketones (excluding diaryl/α,β-unsaturated/α-hetero) is 1. The molecule has 11 heteroatoms. The van der Waals surface area contributed by atoms with Gasteiger partial charge in [-0.2, -0.15) is 0 Å². The van der Waals surface area contributed by atoms with Crippen LogP contribution < -0.4 is 20.4 Å². The number of nitrogens with zero attached hydrogens (tertiary/aromatic N) is 2. The van der Waals surface area contributed by atoms with Gasteiger partial charge in [-0.15, -0.1) is 0 Å². The summed E-state index contributed by atoms with van der Waals surface area (Å²) in [6.45, 7) is 8.20. The van der Waals surface area contributed by atoms with E-state index in [4.69, 9.17) is 4.42 Å². The maximum Gasteiger partial charge on any atom is 0.335 e. The summed E-state index contributed by atoms with van der Waals surface area (Å²) in [5.74, 6) is -1.89. The number of fused-ring (bicyclic) bond motifs is 1. The van der Waals surface area contributed by atoms with Crippen molar-refractivity contribution in [2.75, 3.05) is 28.2 Å². The minimum atomic E-state index is -1.25. The van der Waals surface area contributed by atoms with Crippen molar-refractivity contribution in [1.29, 1.82) is 0 Å². The first-order valence-electron chi connectivity index (χ1n) is 13.0. The summed E-state index contributed by atoms with van der Waals surface area (Å²) < 4.78 is 5.48. The van der Waals surface area contributed by atoms with Crippen LogP contribution in [-0.2, 0) is 9.59 Å². The Morgan fingerprint density at radius 2 is 1.73 bits per heavy atom. The highest BCUT2D eigenvalue weighted by Crippen LogP contribution is 2.36. The van der Waals surface area contributed by atoms with E-state index in [1.165, 1.54) is 40.1 Å². The molecule has 0 aliphatic carbocycles. The molecule has 3 aromatic rings. The number of rotatable bonds is 6. The van der Waals surface area contributed by atoms with Crippen LogP contribution in [0.4, 0.5) is 21.9 Å². The molecule has 0 saturated heterocycles. The number of carboxylic acid groups (broad SMARTS) is 1. The maximum atomic E-state index is 14.0. The van der Waals surface area contributed by atoms with Crippen LogP contribution in [0, 0.1) is 19.3 Å². The molecule has 0 saturated carbocycles. The smallest absolute Gasteiger partial charge is 0.335 e. The minimum absolute atomic E-state index is 0.0287. The lowest BCUT2D eigenvalue weighted by atomic mass is 9.94. The molecule has 3 N–H and O–H groups in total. The molecule has 41 heavy (non-hydrogen) atoms. The number of carboxylic acids is 1. The van der Waals surface area contributed by atoms with Gasteiger partial charge in [-0.1, -0.05) is 32.9 Å². The maximum absolute atomic E-state index is 14.0. The SMILES string of the molecule is Cc1ccc2c(c1)N(CC(=O)c1ccc(C)o1)C(=O)C(NC(=O)Nc1cccc(C(=O)O)c1)CN2C(=O)C(C)(C)C. The predicted molar refractivity (Wildman–Crippen MR) is 152 cm³/mol. The molecule has 11 nitrogen and oxygen atoms in total. The van der Waals surface area contributed by atoms with E-state index in [-0.39, 0.29) is 36.0 Å². The number of amides is 4. The number of ketones is 1. The van der Waals surface area contributed by atoms with E-state index in [1.54, 1.807) is 52.0 Å². The molecule has 1 unspecified atom stereocenters. The minimum Gasteiger partial charge on any atom is -0.478 e. The highest BCUT2D eigenvalue weighted by molar-refractivity contribution is 6.12. The molecule has 214 valence electrons. The highest BCUT2D eigenvalue weighted by Gasteiger charge is 2.40. The number of carbonyl (C=O) groups is 5. The molecule has 0 radical (unpaired) electrons. The van der Waals surface area contributed by atoms with Crippen molar-refractivity contribution in [3.63, 3.8) is 0 Å². The summed E-state index contributed by atoms with van der Waals surface area (Å²) in [5, 5.41) is 14.4. The van der Waals surface area contributed by atoms with E-state index < -0.39 is 35.1 Å². The molecule has 1 atom stereocenters. The number of benzene rings is 2. The largest absolute Gasteiger partial charge is 0.478 e. The summed E-state index contributed by atoms with van der Waals surface area (Å²) in [7, 11) is 0. The number of carbonyl (C=O) groups excluding carboxylic acids is 4. The number of anilines is 3. The molecule has 2 heterocycles. The predicted octanol–water partition coefficient (Wildman–Crippen LogP) is 4.39. The summed E-state index contributed by atoms with van der Waals surface area (Å²) in [4.78, 5) is 67.9. The van der Waals surface area contributed by atoms with Gasteiger partial charge in [0.25, 0.3) is 5.91 Å². The van der Waals surface area contributed by atoms with E-state index in [9.17, 15) is 29.1 Å².